The van der Waals surface area contributed by atoms with E-state index in [-0.39, 0.29) is 22.8 Å². The van der Waals surface area contributed by atoms with Crippen LogP contribution < -0.4 is 14.9 Å². The summed E-state index contributed by atoms with van der Waals surface area (Å²) in [7, 11) is 2.81. The number of esters is 1. The summed E-state index contributed by atoms with van der Waals surface area (Å²) in [6.45, 7) is -0.540. The third-order valence-corrected chi connectivity index (χ3v) is 3.68. The Morgan fingerprint density at radius 3 is 2.58 bits per heavy atom. The van der Waals surface area contributed by atoms with Crippen molar-refractivity contribution in [1.82, 2.24) is 0 Å². The number of aromatic hydroxyl groups is 1. The molecule has 1 atom stereocenters. The van der Waals surface area contributed by atoms with Crippen molar-refractivity contribution in [3.63, 3.8) is 0 Å². The summed E-state index contributed by atoms with van der Waals surface area (Å²) < 4.78 is 20.9. The van der Waals surface area contributed by atoms with E-state index in [1.165, 1.54) is 14.2 Å². The molecule has 0 spiro atoms. The van der Waals surface area contributed by atoms with Gasteiger partial charge in [0.05, 0.1) is 14.2 Å². The molecule has 8 heteroatoms. The Labute approximate surface area is 135 Å². The number of cyclic esters (lactones) is 1. The molecular weight excluding hydrogens is 320 g/mol. The lowest BCUT2D eigenvalue weighted by Crippen LogP contribution is -2.09. The molecule has 0 saturated carbocycles. The Kier molecular flexibility index (Phi) is 3.90. The first kappa shape index (κ1) is 15.9. The smallest absolute Gasteiger partial charge is 0.343 e. The van der Waals surface area contributed by atoms with Crippen LogP contribution in [0.25, 0.3) is 0 Å². The average molecular weight is 334 g/mol. The van der Waals surface area contributed by atoms with Gasteiger partial charge in [0.2, 0.25) is 11.2 Å². The van der Waals surface area contributed by atoms with Crippen LogP contribution in [0.3, 0.4) is 0 Å². The molecule has 1 aromatic carbocycles. The van der Waals surface area contributed by atoms with Gasteiger partial charge in [0.1, 0.15) is 17.9 Å². The predicted molar refractivity (Wildman–Crippen MR) is 79.4 cm³/mol. The Morgan fingerprint density at radius 1 is 1.21 bits per heavy atom. The van der Waals surface area contributed by atoms with Gasteiger partial charge in [-0.25, -0.2) is 4.79 Å². The quantitative estimate of drug-likeness (QED) is 0.799. The highest BCUT2D eigenvalue weighted by Gasteiger charge is 2.40. The fraction of sp³-hybridized carbons (Fsp3) is 0.250. The van der Waals surface area contributed by atoms with Crippen LogP contribution in [0.2, 0.25) is 0 Å². The molecule has 0 amide bonds. The van der Waals surface area contributed by atoms with Gasteiger partial charge in [-0.05, 0) is 6.07 Å². The van der Waals surface area contributed by atoms with E-state index in [9.17, 15) is 14.7 Å². The van der Waals surface area contributed by atoms with Crippen molar-refractivity contribution in [3.05, 3.63) is 51.1 Å². The molecule has 0 radical (unpaired) electrons. The van der Waals surface area contributed by atoms with E-state index in [1.807, 2.05) is 0 Å². The maximum Gasteiger partial charge on any atom is 0.343 e. The maximum absolute atomic E-state index is 12.2. The fourth-order valence-electron chi connectivity index (χ4n) is 2.61. The Morgan fingerprint density at radius 2 is 1.96 bits per heavy atom. The molecule has 0 fully saturated rings. The van der Waals surface area contributed by atoms with E-state index in [4.69, 9.17) is 23.7 Å². The van der Waals surface area contributed by atoms with Crippen molar-refractivity contribution in [1.29, 1.82) is 0 Å². The zero-order valence-electron chi connectivity index (χ0n) is 12.9. The average Bonchev–Trinajstić information content (AvgIpc) is 2.93. The molecule has 1 aliphatic heterocycles. The molecule has 2 heterocycles. The number of carbonyl (C=O) groups excluding carboxylic acids is 1. The van der Waals surface area contributed by atoms with Gasteiger partial charge in [-0.3, -0.25) is 4.79 Å². The van der Waals surface area contributed by atoms with Crippen LogP contribution in [-0.2, 0) is 11.3 Å². The minimum atomic E-state index is -1.13. The van der Waals surface area contributed by atoms with E-state index in [0.29, 0.717) is 11.3 Å². The van der Waals surface area contributed by atoms with E-state index in [0.717, 1.165) is 6.07 Å². The number of aliphatic hydroxyl groups is 1. The van der Waals surface area contributed by atoms with Crippen LogP contribution >= 0.6 is 0 Å². The van der Waals surface area contributed by atoms with Crippen molar-refractivity contribution in [2.45, 2.75) is 12.7 Å². The van der Waals surface area contributed by atoms with Crippen molar-refractivity contribution in [2.75, 3.05) is 14.2 Å². The van der Waals surface area contributed by atoms with Crippen LogP contribution in [0, 0.1) is 0 Å². The normalized spacial score (nSPS) is 15.8. The van der Waals surface area contributed by atoms with Gasteiger partial charge in [0.15, 0.2) is 23.4 Å². The fourth-order valence-corrected chi connectivity index (χ4v) is 2.61. The monoisotopic (exact) mass is 334 g/mol. The van der Waals surface area contributed by atoms with Crippen molar-refractivity contribution in [2.24, 2.45) is 0 Å². The first-order valence-electron chi connectivity index (χ1n) is 6.94. The first-order chi connectivity index (χ1) is 11.5. The molecule has 0 saturated heterocycles. The zero-order chi connectivity index (χ0) is 17.4. The van der Waals surface area contributed by atoms with Crippen molar-refractivity contribution < 1.29 is 33.6 Å². The second-order valence-electron chi connectivity index (χ2n) is 5.00. The summed E-state index contributed by atoms with van der Waals surface area (Å²) in [4.78, 5) is 24.0. The lowest BCUT2D eigenvalue weighted by atomic mass is 10.0. The Bertz CT molecular complexity index is 867. The van der Waals surface area contributed by atoms with Crippen molar-refractivity contribution in [3.8, 4) is 17.2 Å². The summed E-state index contributed by atoms with van der Waals surface area (Å²) in [5.74, 6) is -1.19. The van der Waals surface area contributed by atoms with Gasteiger partial charge in [0.25, 0.3) is 0 Å². The van der Waals surface area contributed by atoms with Gasteiger partial charge in [0, 0.05) is 11.6 Å². The number of hydrogen-bond donors (Lipinski definition) is 2. The second-order valence-corrected chi connectivity index (χ2v) is 5.00. The minimum absolute atomic E-state index is 0.0576. The van der Waals surface area contributed by atoms with E-state index < -0.39 is 29.9 Å². The number of fused-ring (bicyclic) bond motifs is 1. The molecule has 24 heavy (non-hydrogen) atoms. The summed E-state index contributed by atoms with van der Waals surface area (Å²) in [6.07, 6.45) is -1.13. The summed E-state index contributed by atoms with van der Waals surface area (Å²) in [5.41, 5.74) is -0.269. The maximum atomic E-state index is 12.2. The van der Waals surface area contributed by atoms with Crippen LogP contribution in [0.1, 0.15) is 33.5 Å². The molecule has 1 aliphatic rings. The standard InChI is InChI=1S/C16H14O8/c1-21-10-4-3-8-11(14(10)22-2)16(20)24-13(8)15-12(19)9(18)5-7(6-17)23-15/h3-5,13,17,19H,6H2,1-2H3/t13-/m1/s1. The number of rotatable bonds is 4. The summed E-state index contributed by atoms with van der Waals surface area (Å²) in [5, 5.41) is 19.1. The highest BCUT2D eigenvalue weighted by atomic mass is 16.6. The van der Waals surface area contributed by atoms with Crippen LogP contribution in [0.15, 0.2) is 27.4 Å². The van der Waals surface area contributed by atoms with Crippen molar-refractivity contribution >= 4 is 5.97 Å². The summed E-state index contributed by atoms with van der Waals surface area (Å²) >= 11 is 0. The Balaban J connectivity index is 2.21. The molecule has 126 valence electrons. The third kappa shape index (κ3) is 2.28. The molecule has 0 unspecified atom stereocenters. The number of aliphatic hydroxyl groups excluding tert-OH is 1. The molecule has 2 N–H and O–H groups in total. The summed E-state index contributed by atoms with van der Waals surface area (Å²) in [6, 6.07) is 4.08. The zero-order valence-corrected chi connectivity index (χ0v) is 12.9. The molecule has 2 aromatic rings. The van der Waals surface area contributed by atoms with Gasteiger partial charge >= 0.3 is 5.97 Å². The highest BCUT2D eigenvalue weighted by Crippen LogP contribution is 2.45. The van der Waals surface area contributed by atoms with Gasteiger partial charge in [-0.1, -0.05) is 6.07 Å². The lowest BCUT2D eigenvalue weighted by Gasteiger charge is -2.13. The van der Waals surface area contributed by atoms with Gasteiger partial charge in [-0.2, -0.15) is 0 Å². The highest BCUT2D eigenvalue weighted by molar-refractivity contribution is 5.98. The Hall–Kier alpha value is -3.00. The molecule has 1 aromatic heterocycles. The first-order valence-corrected chi connectivity index (χ1v) is 6.94. The van der Waals surface area contributed by atoms with Crippen LogP contribution in [0.4, 0.5) is 0 Å². The molecule has 3 rings (SSSR count). The largest absolute Gasteiger partial charge is 0.502 e. The lowest BCUT2D eigenvalue weighted by molar-refractivity contribution is 0.0403. The van der Waals surface area contributed by atoms with E-state index in [1.54, 1.807) is 12.1 Å². The predicted octanol–water partition coefficient (Wildman–Crippen LogP) is 1.11. The number of hydrogen-bond acceptors (Lipinski definition) is 8. The molecule has 0 aliphatic carbocycles. The topological polar surface area (TPSA) is 115 Å². The molecular formula is C16H14O8. The second kappa shape index (κ2) is 5.89. The van der Waals surface area contributed by atoms with Gasteiger partial charge < -0.3 is 28.8 Å². The van der Waals surface area contributed by atoms with E-state index >= 15 is 0 Å². The number of methoxy groups -OCH3 is 2. The number of carbonyl (C=O) groups is 1. The third-order valence-electron chi connectivity index (χ3n) is 3.68. The number of benzene rings is 1. The van der Waals surface area contributed by atoms with Gasteiger partial charge in [-0.15, -0.1) is 0 Å². The van der Waals surface area contributed by atoms with E-state index in [2.05, 4.69) is 0 Å². The minimum Gasteiger partial charge on any atom is -0.502 e. The number of ether oxygens (including phenoxy) is 3. The van der Waals surface area contributed by atoms with Crippen LogP contribution in [-0.4, -0.2) is 30.4 Å². The molecule has 0 bridgehead atoms. The SMILES string of the molecule is COc1ccc2c(c1OC)C(=O)O[C@H]2c1oc(CO)cc(=O)c1O. The molecule has 8 nitrogen and oxygen atoms in total. The van der Waals surface area contributed by atoms with Crippen LogP contribution in [0.5, 0.6) is 17.2 Å².